The fourth-order valence-electron chi connectivity index (χ4n) is 5.78. The third-order valence-electron chi connectivity index (χ3n) is 7.90. The van der Waals surface area contributed by atoms with Crippen molar-refractivity contribution in [2.24, 2.45) is 5.92 Å². The first kappa shape index (κ1) is 29.0. The molecule has 39 heavy (non-hydrogen) atoms. The van der Waals surface area contributed by atoms with Crippen molar-refractivity contribution >= 4 is 21.6 Å². The minimum atomic E-state index is -3.79. The van der Waals surface area contributed by atoms with Gasteiger partial charge in [-0.2, -0.15) is 9.57 Å². The van der Waals surface area contributed by atoms with Crippen LogP contribution in [-0.4, -0.2) is 86.4 Å². The number of sulfonamides is 1. The lowest BCUT2D eigenvalue weighted by Gasteiger charge is -2.43. The number of para-hydroxylation sites is 2. The number of ether oxygens (including phenoxy) is 1. The smallest absolute Gasteiger partial charge is 0.243 e. The maximum absolute atomic E-state index is 13.4. The molecule has 10 heteroatoms. The summed E-state index contributed by atoms with van der Waals surface area (Å²) in [5.41, 5.74) is 0.940. The van der Waals surface area contributed by atoms with E-state index in [2.05, 4.69) is 24.2 Å². The van der Waals surface area contributed by atoms with E-state index in [1.165, 1.54) is 16.4 Å². The van der Waals surface area contributed by atoms with Crippen molar-refractivity contribution in [3.63, 3.8) is 0 Å². The Hall–Kier alpha value is -2.97. The number of hydrogen-bond donors (Lipinski definition) is 1. The molecule has 2 saturated heterocycles. The van der Waals surface area contributed by atoms with Gasteiger partial charge in [0, 0.05) is 37.1 Å². The van der Waals surface area contributed by atoms with Crippen LogP contribution in [0.3, 0.4) is 0 Å². The van der Waals surface area contributed by atoms with Gasteiger partial charge in [-0.1, -0.05) is 18.2 Å². The second kappa shape index (κ2) is 12.5. The first-order valence-electron chi connectivity index (χ1n) is 13.6. The Bertz CT molecular complexity index is 1300. The molecule has 2 aliphatic rings. The van der Waals surface area contributed by atoms with Crippen molar-refractivity contribution in [1.82, 2.24) is 14.1 Å². The lowest BCUT2D eigenvalue weighted by molar-refractivity contribution is -0.118. The normalized spacial score (nSPS) is 25.1. The van der Waals surface area contributed by atoms with Gasteiger partial charge in [-0.3, -0.25) is 9.69 Å². The summed E-state index contributed by atoms with van der Waals surface area (Å²) in [6.45, 7) is 8.61. The molecule has 2 unspecified atom stereocenters. The van der Waals surface area contributed by atoms with E-state index in [1.807, 2.05) is 49.1 Å². The average Bonchev–Trinajstić information content (AvgIpc) is 2.89. The second-order valence-electron chi connectivity index (χ2n) is 10.8. The molecule has 0 radical (unpaired) electrons. The third-order valence-corrected chi connectivity index (χ3v) is 10.0. The van der Waals surface area contributed by atoms with E-state index in [0.717, 1.165) is 19.4 Å². The minimum Gasteiger partial charge on any atom is -0.491 e. The number of amides is 1. The Morgan fingerprint density at radius 2 is 1.82 bits per heavy atom. The van der Waals surface area contributed by atoms with Gasteiger partial charge in [0.25, 0.3) is 0 Å². The summed E-state index contributed by atoms with van der Waals surface area (Å²) in [4.78, 5) is 17.5. The number of nitrogens with one attached hydrogen (secondary N) is 1. The Balaban J connectivity index is 1.36. The van der Waals surface area contributed by atoms with Crippen molar-refractivity contribution in [2.45, 2.75) is 56.6 Å². The van der Waals surface area contributed by atoms with Crippen molar-refractivity contribution in [3.05, 3.63) is 54.1 Å². The monoisotopic (exact) mass is 553 g/mol. The first-order chi connectivity index (χ1) is 18.6. The van der Waals surface area contributed by atoms with E-state index < -0.39 is 10.0 Å². The predicted octanol–water partition coefficient (Wildman–Crippen LogP) is 3.39. The Morgan fingerprint density at radius 3 is 2.54 bits per heavy atom. The molecule has 1 amide bonds. The molecule has 2 heterocycles. The van der Waals surface area contributed by atoms with Crippen LogP contribution in [0.2, 0.25) is 0 Å². The van der Waals surface area contributed by atoms with Crippen LogP contribution in [0.15, 0.2) is 53.4 Å². The van der Waals surface area contributed by atoms with Gasteiger partial charge in [0.15, 0.2) is 0 Å². The molecule has 2 aromatic rings. The van der Waals surface area contributed by atoms with Gasteiger partial charge < -0.3 is 15.0 Å². The van der Waals surface area contributed by atoms with Gasteiger partial charge >= 0.3 is 0 Å². The Labute approximate surface area is 232 Å². The topological polar surface area (TPSA) is 106 Å². The highest BCUT2D eigenvalue weighted by atomic mass is 32.2. The second-order valence-corrected chi connectivity index (χ2v) is 12.7. The molecule has 0 spiro atoms. The molecule has 0 aromatic heterocycles. The number of carbonyl (C=O) groups is 1. The number of nitriles is 1. The molecule has 4 rings (SSSR count). The van der Waals surface area contributed by atoms with E-state index in [9.17, 15) is 18.5 Å². The lowest BCUT2D eigenvalue weighted by atomic mass is 9.91. The van der Waals surface area contributed by atoms with Crippen LogP contribution in [0.5, 0.6) is 5.75 Å². The lowest BCUT2D eigenvalue weighted by Crippen LogP contribution is -2.59. The summed E-state index contributed by atoms with van der Waals surface area (Å²) in [5.74, 6) is 0.920. The van der Waals surface area contributed by atoms with E-state index in [1.54, 1.807) is 12.1 Å². The molecule has 2 fully saturated rings. The number of piperidine rings is 1. The average molecular weight is 554 g/mol. The quantitative estimate of drug-likeness (QED) is 0.534. The Morgan fingerprint density at radius 1 is 1.10 bits per heavy atom. The number of likely N-dealkylation sites (tertiary alicyclic amines) is 1. The first-order valence-corrected chi connectivity index (χ1v) is 15.0. The molecule has 0 saturated carbocycles. The molecule has 0 bridgehead atoms. The maximum Gasteiger partial charge on any atom is 0.243 e. The number of piperazine rings is 1. The van der Waals surface area contributed by atoms with E-state index in [4.69, 9.17) is 4.74 Å². The molecular weight excluding hydrogens is 514 g/mol. The maximum atomic E-state index is 13.4. The third kappa shape index (κ3) is 6.79. The fraction of sp³-hybridized carbons (Fsp3) is 0.517. The number of hydrogen-bond acceptors (Lipinski definition) is 7. The van der Waals surface area contributed by atoms with Crippen LogP contribution in [0.1, 0.15) is 39.2 Å². The van der Waals surface area contributed by atoms with Crippen LogP contribution in [0.25, 0.3) is 0 Å². The van der Waals surface area contributed by atoms with E-state index in [0.29, 0.717) is 48.7 Å². The van der Waals surface area contributed by atoms with Crippen molar-refractivity contribution in [2.75, 3.05) is 45.2 Å². The van der Waals surface area contributed by atoms with Crippen molar-refractivity contribution < 1.29 is 17.9 Å². The summed E-state index contributed by atoms with van der Waals surface area (Å²) in [7, 11) is -1.64. The molecule has 210 valence electrons. The minimum absolute atomic E-state index is 0.109. The van der Waals surface area contributed by atoms with Gasteiger partial charge in [-0.25, -0.2) is 8.42 Å². The molecule has 2 aliphatic heterocycles. The standard InChI is InChI=1S/C29H39N5O4S/c1-21-17-33(18-22(2)34(21)39(36,37)26-11-7-9-24(15-26)16-30)19-29(35)31-27-12-5-6-13-28(27)38-20-25-10-8-14-32(4)23(25)3/h5-7,9,11-13,15,21-23,25H,8,10,14,17-20H2,1-4H3,(H,31,35)/t21?,22?,23-,25+/m1/s1. The zero-order valence-electron chi connectivity index (χ0n) is 23.2. The molecule has 4 atom stereocenters. The number of nitrogens with zero attached hydrogens (tertiary/aromatic N) is 4. The van der Waals surface area contributed by atoms with Crippen LogP contribution in [0.4, 0.5) is 5.69 Å². The molecule has 0 aliphatic carbocycles. The molecular formula is C29H39N5O4S. The number of anilines is 1. The molecule has 2 aromatic carbocycles. The summed E-state index contributed by atoms with van der Waals surface area (Å²) in [6, 6.07) is 15.3. The van der Waals surface area contributed by atoms with E-state index >= 15 is 0 Å². The van der Waals surface area contributed by atoms with Crippen molar-refractivity contribution in [1.29, 1.82) is 5.26 Å². The number of rotatable bonds is 8. The van der Waals surface area contributed by atoms with Gasteiger partial charge in [0.2, 0.25) is 15.9 Å². The summed E-state index contributed by atoms with van der Waals surface area (Å²) in [5, 5.41) is 12.2. The number of carbonyl (C=O) groups excluding carboxylic acids is 1. The SMILES string of the molecule is CC1CN(CC(=O)Nc2ccccc2OC[C@@H]2CCCN(C)[C@@H]2C)CC(C)N1S(=O)(=O)c1cccc(C#N)c1. The van der Waals surface area contributed by atoms with Gasteiger partial charge in [-0.15, -0.1) is 0 Å². The largest absolute Gasteiger partial charge is 0.491 e. The molecule has 1 N–H and O–H groups in total. The summed E-state index contributed by atoms with van der Waals surface area (Å²) >= 11 is 0. The highest BCUT2D eigenvalue weighted by molar-refractivity contribution is 7.89. The zero-order valence-corrected chi connectivity index (χ0v) is 24.0. The summed E-state index contributed by atoms with van der Waals surface area (Å²) in [6.07, 6.45) is 2.28. The zero-order chi connectivity index (χ0) is 28.2. The predicted molar refractivity (Wildman–Crippen MR) is 151 cm³/mol. The van der Waals surface area contributed by atoms with Crippen LogP contribution in [-0.2, 0) is 14.8 Å². The van der Waals surface area contributed by atoms with E-state index in [-0.39, 0.29) is 29.4 Å². The van der Waals surface area contributed by atoms with Gasteiger partial charge in [-0.05, 0) is 77.5 Å². The summed E-state index contributed by atoms with van der Waals surface area (Å²) < 4.78 is 34.5. The highest BCUT2D eigenvalue weighted by Gasteiger charge is 2.39. The van der Waals surface area contributed by atoms with Gasteiger partial charge in [0.05, 0.1) is 35.4 Å². The van der Waals surface area contributed by atoms with Crippen LogP contribution in [0, 0.1) is 17.2 Å². The number of benzene rings is 2. The Kier molecular flexibility index (Phi) is 9.28. The van der Waals surface area contributed by atoms with Crippen LogP contribution >= 0.6 is 0 Å². The van der Waals surface area contributed by atoms with Crippen molar-refractivity contribution in [3.8, 4) is 11.8 Å². The fourth-order valence-corrected chi connectivity index (χ4v) is 7.63. The molecule has 9 nitrogen and oxygen atoms in total. The van der Waals surface area contributed by atoms with Gasteiger partial charge in [0.1, 0.15) is 5.75 Å². The van der Waals surface area contributed by atoms with Crippen LogP contribution < -0.4 is 10.1 Å². The highest BCUT2D eigenvalue weighted by Crippen LogP contribution is 2.29.